The Balaban J connectivity index is 2.16. The number of halogens is 1. The van der Waals surface area contributed by atoms with Crippen LogP contribution in [0, 0.1) is 6.92 Å². The Hall–Kier alpha value is -0.690. The summed E-state index contributed by atoms with van der Waals surface area (Å²) in [5.74, 6) is 0.818. The van der Waals surface area contributed by atoms with Gasteiger partial charge < -0.3 is 14.6 Å². The van der Waals surface area contributed by atoms with Crippen LogP contribution in [0.2, 0.25) is 0 Å². The lowest BCUT2D eigenvalue weighted by Gasteiger charge is -2.08. The van der Waals surface area contributed by atoms with E-state index in [0.29, 0.717) is 25.5 Å². The Morgan fingerprint density at radius 2 is 2.00 bits per heavy atom. The predicted molar refractivity (Wildman–Crippen MR) is 73.2 cm³/mol. The van der Waals surface area contributed by atoms with E-state index in [1.54, 1.807) is 18.0 Å². The number of ether oxygens (including phenoxy) is 2. The fraction of sp³-hybridized carbons (Fsp3) is 0.615. The Kier molecular flexibility index (Phi) is 8.73. The van der Waals surface area contributed by atoms with Gasteiger partial charge in [0.2, 0.25) is 0 Å². The number of hydrogen-bond donors (Lipinski definition) is 1. The molecule has 0 bridgehead atoms. The summed E-state index contributed by atoms with van der Waals surface area (Å²) in [7, 11) is 0. The maximum absolute atomic E-state index is 11.7. The zero-order valence-electron chi connectivity index (χ0n) is 11.1. The van der Waals surface area contributed by atoms with E-state index in [1.165, 1.54) is 0 Å². The Bertz CT molecular complexity index is 366. The minimum absolute atomic E-state index is 0.0390. The smallest absolute Gasteiger partial charge is 0.113 e. The van der Waals surface area contributed by atoms with Crippen molar-refractivity contribution in [3.63, 3.8) is 0 Å². The normalized spacial score (nSPS) is 10.9. The van der Waals surface area contributed by atoms with Crippen LogP contribution in [-0.4, -0.2) is 48.9 Å². The van der Waals surface area contributed by atoms with Crippen molar-refractivity contribution in [2.75, 3.05) is 38.9 Å². The third-order valence-electron chi connectivity index (χ3n) is 2.49. The lowest BCUT2D eigenvalue weighted by Crippen LogP contribution is -2.08. The van der Waals surface area contributed by atoms with Gasteiger partial charge in [-0.2, -0.15) is 0 Å². The molecule has 1 N–H and O–H groups in total. The van der Waals surface area contributed by atoms with Gasteiger partial charge in [0.05, 0.1) is 38.7 Å². The molecule has 19 heavy (non-hydrogen) atoms. The first kappa shape index (κ1) is 16.4. The lowest BCUT2D eigenvalue weighted by atomic mass is 10.2. The van der Waals surface area contributed by atoms with Crippen molar-refractivity contribution in [2.45, 2.75) is 18.4 Å². The molecule has 1 rings (SSSR count). The maximum Gasteiger partial charge on any atom is 0.113 e. The van der Waals surface area contributed by atoms with Crippen molar-refractivity contribution in [3.05, 3.63) is 23.5 Å². The van der Waals surface area contributed by atoms with E-state index >= 15 is 0 Å². The van der Waals surface area contributed by atoms with Crippen molar-refractivity contribution in [3.8, 4) is 0 Å². The molecule has 0 saturated heterocycles. The quantitative estimate of drug-likeness (QED) is 0.527. The van der Waals surface area contributed by atoms with E-state index in [9.17, 15) is 4.39 Å². The molecule has 0 aliphatic rings. The molecule has 0 unspecified atom stereocenters. The average Bonchev–Trinajstić information content (AvgIpc) is 2.43. The van der Waals surface area contributed by atoms with E-state index in [1.807, 2.05) is 13.0 Å². The summed E-state index contributed by atoms with van der Waals surface area (Å²) < 4.78 is 22.0. The van der Waals surface area contributed by atoms with Crippen LogP contribution in [0.25, 0.3) is 0 Å². The summed E-state index contributed by atoms with van der Waals surface area (Å²) in [6, 6.07) is 1.93. The zero-order valence-corrected chi connectivity index (χ0v) is 11.9. The molecule has 0 aromatic carbocycles. The van der Waals surface area contributed by atoms with E-state index in [2.05, 4.69) is 4.98 Å². The van der Waals surface area contributed by atoms with Crippen LogP contribution < -0.4 is 0 Å². The van der Waals surface area contributed by atoms with Gasteiger partial charge in [-0.1, -0.05) is 0 Å². The summed E-state index contributed by atoms with van der Waals surface area (Å²) in [6.45, 7) is 3.12. The number of pyridine rings is 1. The molecular formula is C13H20FNO3S. The third-order valence-corrected chi connectivity index (χ3v) is 3.61. The molecule has 0 radical (unpaired) electrons. The molecule has 0 aliphatic heterocycles. The fourth-order valence-corrected chi connectivity index (χ4v) is 2.37. The number of hydrogen-bond acceptors (Lipinski definition) is 5. The van der Waals surface area contributed by atoms with E-state index in [4.69, 9.17) is 14.6 Å². The molecule has 108 valence electrons. The SMILES string of the molecule is Cc1c(SCCOCCOCCF)ccnc1CO. The van der Waals surface area contributed by atoms with Crippen molar-refractivity contribution in [1.29, 1.82) is 0 Å². The number of rotatable bonds is 10. The standard InChI is InChI=1S/C13H20FNO3S/c1-11-12(10-16)15-4-2-13(11)19-9-8-18-7-6-17-5-3-14/h2,4,16H,3,5-10H2,1H3. The molecule has 0 fully saturated rings. The summed E-state index contributed by atoms with van der Waals surface area (Å²) in [6.07, 6.45) is 1.70. The number of alkyl halides is 1. The molecule has 4 nitrogen and oxygen atoms in total. The van der Waals surface area contributed by atoms with E-state index < -0.39 is 6.67 Å². The molecule has 0 aliphatic carbocycles. The summed E-state index contributed by atoms with van der Waals surface area (Å²) >= 11 is 1.67. The number of nitrogens with zero attached hydrogens (tertiary/aromatic N) is 1. The van der Waals surface area contributed by atoms with Gasteiger partial charge in [0.25, 0.3) is 0 Å². The fourth-order valence-electron chi connectivity index (χ4n) is 1.46. The minimum Gasteiger partial charge on any atom is -0.390 e. The van der Waals surface area contributed by atoms with Gasteiger partial charge in [0.15, 0.2) is 0 Å². The minimum atomic E-state index is -0.454. The van der Waals surface area contributed by atoms with Crippen LogP contribution in [-0.2, 0) is 16.1 Å². The molecule has 0 atom stereocenters. The van der Waals surface area contributed by atoms with Gasteiger partial charge in [-0.3, -0.25) is 4.98 Å². The molecular weight excluding hydrogens is 269 g/mol. The predicted octanol–water partition coefficient (Wildman–Crippen LogP) is 1.98. The second kappa shape index (κ2) is 10.1. The highest BCUT2D eigenvalue weighted by Gasteiger charge is 2.04. The first-order valence-electron chi connectivity index (χ1n) is 6.19. The van der Waals surface area contributed by atoms with Crippen LogP contribution in [0.1, 0.15) is 11.3 Å². The first-order valence-corrected chi connectivity index (χ1v) is 7.17. The van der Waals surface area contributed by atoms with Gasteiger partial charge in [0, 0.05) is 16.8 Å². The molecule has 0 amide bonds. The molecule has 6 heteroatoms. The van der Waals surface area contributed by atoms with Gasteiger partial charge in [0.1, 0.15) is 6.67 Å². The van der Waals surface area contributed by atoms with Crippen molar-refractivity contribution >= 4 is 11.8 Å². The Morgan fingerprint density at radius 1 is 1.26 bits per heavy atom. The monoisotopic (exact) mass is 289 g/mol. The highest BCUT2D eigenvalue weighted by molar-refractivity contribution is 7.99. The van der Waals surface area contributed by atoms with Gasteiger partial charge in [-0.15, -0.1) is 11.8 Å². The Morgan fingerprint density at radius 3 is 2.68 bits per heavy atom. The van der Waals surface area contributed by atoms with E-state index in [-0.39, 0.29) is 13.2 Å². The number of aliphatic hydroxyl groups is 1. The topological polar surface area (TPSA) is 51.6 Å². The van der Waals surface area contributed by atoms with Gasteiger partial charge in [-0.25, -0.2) is 4.39 Å². The highest BCUT2D eigenvalue weighted by atomic mass is 32.2. The first-order chi connectivity index (χ1) is 9.29. The second-order valence-corrected chi connectivity index (χ2v) is 4.94. The molecule has 0 saturated carbocycles. The zero-order chi connectivity index (χ0) is 13.9. The number of aliphatic hydroxyl groups excluding tert-OH is 1. The third kappa shape index (κ3) is 6.33. The van der Waals surface area contributed by atoms with Crippen LogP contribution in [0.4, 0.5) is 4.39 Å². The lowest BCUT2D eigenvalue weighted by molar-refractivity contribution is 0.0484. The molecule has 1 aromatic heterocycles. The van der Waals surface area contributed by atoms with Crippen LogP contribution in [0.15, 0.2) is 17.2 Å². The summed E-state index contributed by atoms with van der Waals surface area (Å²) in [4.78, 5) is 5.21. The molecule has 0 spiro atoms. The van der Waals surface area contributed by atoms with Crippen molar-refractivity contribution in [1.82, 2.24) is 4.98 Å². The second-order valence-electron chi connectivity index (χ2n) is 3.80. The van der Waals surface area contributed by atoms with Crippen molar-refractivity contribution < 1.29 is 19.0 Å². The molecule has 1 heterocycles. The highest BCUT2D eigenvalue weighted by Crippen LogP contribution is 2.23. The summed E-state index contributed by atoms with van der Waals surface area (Å²) in [5.41, 5.74) is 1.73. The number of aromatic nitrogens is 1. The van der Waals surface area contributed by atoms with Gasteiger partial charge in [-0.05, 0) is 18.6 Å². The molecule has 1 aromatic rings. The maximum atomic E-state index is 11.7. The van der Waals surface area contributed by atoms with Crippen LogP contribution in [0.3, 0.4) is 0 Å². The van der Waals surface area contributed by atoms with Crippen LogP contribution in [0.5, 0.6) is 0 Å². The largest absolute Gasteiger partial charge is 0.390 e. The van der Waals surface area contributed by atoms with Gasteiger partial charge >= 0.3 is 0 Å². The number of thioether (sulfide) groups is 1. The average molecular weight is 289 g/mol. The summed E-state index contributed by atoms with van der Waals surface area (Å²) in [5, 5.41) is 9.12. The van der Waals surface area contributed by atoms with E-state index in [0.717, 1.165) is 16.2 Å². The van der Waals surface area contributed by atoms with Crippen molar-refractivity contribution in [2.24, 2.45) is 0 Å². The van der Waals surface area contributed by atoms with Crippen LogP contribution >= 0.6 is 11.8 Å². The Labute approximate surface area is 117 Å².